The van der Waals surface area contributed by atoms with Gasteiger partial charge >= 0.3 is 5.97 Å². The van der Waals surface area contributed by atoms with E-state index >= 15 is 0 Å². The molecule has 1 aromatic carbocycles. The third-order valence-corrected chi connectivity index (χ3v) is 8.15. The summed E-state index contributed by atoms with van der Waals surface area (Å²) < 4.78 is 2.18. The molecule has 0 saturated carbocycles. The minimum Gasteiger partial charge on any atom is -0.480 e. The van der Waals surface area contributed by atoms with Crippen LogP contribution in [0.2, 0.25) is 0 Å². The first kappa shape index (κ1) is 25.6. The number of nitrogens with zero attached hydrogens (tertiary/aromatic N) is 2. The van der Waals surface area contributed by atoms with Gasteiger partial charge in [-0.3, -0.25) is 9.59 Å². The summed E-state index contributed by atoms with van der Waals surface area (Å²) in [6.07, 6.45) is 10.4. The molecule has 0 amide bonds. The number of rotatable bonds is 15. The van der Waals surface area contributed by atoms with Crippen LogP contribution in [0, 0.1) is 12.8 Å². The number of anilines is 1. The molecule has 2 aromatic heterocycles. The SMILES string of the molecule is CCCCCCC(CC)C(=O)CCCCc1nc2c(C)c3nc(NCC(=O)O)sc3cc2s1. The maximum absolute atomic E-state index is 12.6. The van der Waals surface area contributed by atoms with Crippen LogP contribution < -0.4 is 5.32 Å². The summed E-state index contributed by atoms with van der Waals surface area (Å²) in [5.74, 6) is -0.229. The Labute approximate surface area is 203 Å². The number of fused-ring (bicyclic) bond motifs is 2. The van der Waals surface area contributed by atoms with E-state index < -0.39 is 5.97 Å². The number of carbonyl (C=O) groups excluding carboxylic acids is 1. The van der Waals surface area contributed by atoms with Gasteiger partial charge in [-0.15, -0.1) is 11.3 Å². The van der Waals surface area contributed by atoms with Crippen molar-refractivity contribution in [3.63, 3.8) is 0 Å². The fourth-order valence-electron chi connectivity index (χ4n) is 4.20. The number of aryl methyl sites for hydroxylation is 2. The molecule has 2 heterocycles. The molecule has 0 aliphatic heterocycles. The predicted octanol–water partition coefficient (Wildman–Crippen LogP) is 6.99. The minimum atomic E-state index is -0.905. The summed E-state index contributed by atoms with van der Waals surface area (Å²) in [6, 6.07) is 2.11. The van der Waals surface area contributed by atoms with Gasteiger partial charge in [-0.25, -0.2) is 9.97 Å². The molecule has 33 heavy (non-hydrogen) atoms. The van der Waals surface area contributed by atoms with E-state index in [1.54, 1.807) is 11.3 Å². The zero-order chi connectivity index (χ0) is 23.8. The number of thiazole rings is 2. The first-order valence-electron chi connectivity index (χ1n) is 12.1. The number of benzene rings is 1. The van der Waals surface area contributed by atoms with E-state index in [1.807, 2.05) is 6.92 Å². The summed E-state index contributed by atoms with van der Waals surface area (Å²) in [5.41, 5.74) is 2.90. The topological polar surface area (TPSA) is 92.2 Å². The number of carbonyl (C=O) groups is 2. The van der Waals surface area contributed by atoms with Gasteiger partial charge in [0.1, 0.15) is 12.3 Å². The largest absolute Gasteiger partial charge is 0.480 e. The van der Waals surface area contributed by atoms with Gasteiger partial charge in [0.2, 0.25) is 0 Å². The fraction of sp³-hybridized carbons (Fsp3) is 0.600. The average Bonchev–Trinajstić information content (AvgIpc) is 3.39. The number of aliphatic carboxylic acids is 1. The number of carboxylic acids is 1. The van der Waals surface area contributed by atoms with E-state index in [4.69, 9.17) is 10.1 Å². The molecule has 0 aliphatic rings. The maximum atomic E-state index is 12.6. The molecule has 1 atom stereocenters. The van der Waals surface area contributed by atoms with Crippen LogP contribution in [0.25, 0.3) is 20.4 Å². The molecule has 0 spiro atoms. The van der Waals surface area contributed by atoms with E-state index in [-0.39, 0.29) is 12.5 Å². The molecule has 3 aromatic rings. The number of carboxylic acid groups (broad SMARTS) is 1. The van der Waals surface area contributed by atoms with Gasteiger partial charge in [0.05, 0.1) is 25.4 Å². The van der Waals surface area contributed by atoms with E-state index in [0.29, 0.717) is 17.3 Å². The van der Waals surface area contributed by atoms with Crippen molar-refractivity contribution in [1.29, 1.82) is 0 Å². The Morgan fingerprint density at radius 2 is 1.79 bits per heavy atom. The summed E-state index contributed by atoms with van der Waals surface area (Å²) in [6.45, 7) is 6.24. The Morgan fingerprint density at radius 3 is 2.52 bits per heavy atom. The number of Topliss-reactive ketones (excluding diaryl/α,β-unsaturated/α-hetero) is 1. The maximum Gasteiger partial charge on any atom is 0.322 e. The number of hydrogen-bond acceptors (Lipinski definition) is 7. The Balaban J connectivity index is 1.54. The van der Waals surface area contributed by atoms with Crippen LogP contribution in [0.15, 0.2) is 6.07 Å². The zero-order valence-electron chi connectivity index (χ0n) is 19.9. The molecule has 0 radical (unpaired) electrons. The highest BCUT2D eigenvalue weighted by Crippen LogP contribution is 2.36. The highest BCUT2D eigenvalue weighted by molar-refractivity contribution is 7.23. The minimum absolute atomic E-state index is 0.143. The average molecular weight is 490 g/mol. The van der Waals surface area contributed by atoms with E-state index in [9.17, 15) is 9.59 Å². The number of hydrogen-bond donors (Lipinski definition) is 2. The van der Waals surface area contributed by atoms with Crippen molar-refractivity contribution in [1.82, 2.24) is 9.97 Å². The predicted molar refractivity (Wildman–Crippen MR) is 139 cm³/mol. The first-order chi connectivity index (χ1) is 15.9. The monoisotopic (exact) mass is 489 g/mol. The number of ketones is 1. The smallest absolute Gasteiger partial charge is 0.322 e. The summed E-state index contributed by atoms with van der Waals surface area (Å²) in [7, 11) is 0. The molecule has 6 nitrogen and oxygen atoms in total. The van der Waals surface area contributed by atoms with Crippen molar-refractivity contribution < 1.29 is 14.7 Å². The van der Waals surface area contributed by atoms with Gasteiger partial charge in [0, 0.05) is 17.9 Å². The zero-order valence-corrected chi connectivity index (χ0v) is 21.5. The summed E-state index contributed by atoms with van der Waals surface area (Å²) in [5, 5.41) is 13.4. The number of unbranched alkanes of at least 4 members (excludes halogenated alkanes) is 4. The second-order valence-electron chi connectivity index (χ2n) is 8.70. The Bertz CT molecular complexity index is 1090. The van der Waals surface area contributed by atoms with Crippen molar-refractivity contribution in [2.24, 2.45) is 5.92 Å². The highest BCUT2D eigenvalue weighted by atomic mass is 32.1. The Hall–Kier alpha value is -2.06. The molecule has 0 saturated heterocycles. The van der Waals surface area contributed by atoms with Crippen LogP contribution in [-0.4, -0.2) is 33.4 Å². The molecule has 0 fully saturated rings. The number of aromatic nitrogens is 2. The van der Waals surface area contributed by atoms with Crippen LogP contribution in [0.3, 0.4) is 0 Å². The molecule has 0 bridgehead atoms. The molecule has 180 valence electrons. The quantitative estimate of drug-likeness (QED) is 0.224. The van der Waals surface area contributed by atoms with Crippen LogP contribution in [0.1, 0.15) is 82.2 Å². The molecule has 0 aliphatic carbocycles. The fourth-order valence-corrected chi connectivity index (χ4v) is 6.34. The molecular weight excluding hydrogens is 454 g/mol. The van der Waals surface area contributed by atoms with Gasteiger partial charge in [0.15, 0.2) is 5.13 Å². The molecule has 1 unspecified atom stereocenters. The van der Waals surface area contributed by atoms with E-state index in [1.165, 1.54) is 37.0 Å². The molecule has 2 N–H and O–H groups in total. The lowest BCUT2D eigenvalue weighted by Crippen LogP contribution is -2.13. The molecule has 8 heteroatoms. The van der Waals surface area contributed by atoms with Crippen molar-refractivity contribution in [3.8, 4) is 0 Å². The van der Waals surface area contributed by atoms with Crippen molar-refractivity contribution >= 4 is 60.0 Å². The van der Waals surface area contributed by atoms with Gasteiger partial charge < -0.3 is 10.4 Å². The summed E-state index contributed by atoms with van der Waals surface area (Å²) >= 11 is 3.18. The standard InChI is InChI=1S/C25H35N3O3S2/c1-4-6-7-8-11-17(5-2)18(29)12-9-10-13-21-27-23-16(3)24-20(14-19(23)32-21)33-25(28-24)26-15-22(30)31/h14,17H,4-13,15H2,1-3H3,(H,26,28)(H,30,31). The normalized spacial score (nSPS) is 12.5. The number of nitrogens with one attached hydrogen (secondary N) is 1. The Kier molecular flexibility index (Phi) is 9.62. The third-order valence-electron chi connectivity index (χ3n) is 6.13. The van der Waals surface area contributed by atoms with Gasteiger partial charge in [-0.2, -0.15) is 0 Å². The molecular formula is C25H35N3O3S2. The second-order valence-corrected chi connectivity index (χ2v) is 10.8. The molecule has 3 rings (SSSR count). The lowest BCUT2D eigenvalue weighted by molar-refractivity contribution is -0.135. The van der Waals surface area contributed by atoms with Crippen LogP contribution in [0.5, 0.6) is 0 Å². The lowest BCUT2D eigenvalue weighted by Gasteiger charge is -2.13. The van der Waals surface area contributed by atoms with Gasteiger partial charge in [-0.1, -0.05) is 50.9 Å². The van der Waals surface area contributed by atoms with E-state index in [2.05, 4.69) is 30.2 Å². The van der Waals surface area contributed by atoms with Crippen LogP contribution >= 0.6 is 22.7 Å². The third kappa shape index (κ3) is 6.96. The van der Waals surface area contributed by atoms with Crippen molar-refractivity contribution in [2.45, 2.75) is 85.0 Å². The highest BCUT2D eigenvalue weighted by Gasteiger charge is 2.17. The van der Waals surface area contributed by atoms with E-state index in [0.717, 1.165) is 63.1 Å². The van der Waals surface area contributed by atoms with Gasteiger partial charge in [0.25, 0.3) is 0 Å². The summed E-state index contributed by atoms with van der Waals surface area (Å²) in [4.78, 5) is 32.8. The van der Waals surface area contributed by atoms with Gasteiger partial charge in [-0.05, 0) is 45.1 Å². The second kappa shape index (κ2) is 12.4. The lowest BCUT2D eigenvalue weighted by atomic mass is 9.91. The van der Waals surface area contributed by atoms with Crippen LogP contribution in [-0.2, 0) is 16.0 Å². The first-order valence-corrected chi connectivity index (χ1v) is 13.7. The van der Waals surface area contributed by atoms with Crippen LogP contribution in [0.4, 0.5) is 5.13 Å². The Morgan fingerprint density at radius 1 is 1.03 bits per heavy atom. The van der Waals surface area contributed by atoms with Crippen molar-refractivity contribution in [2.75, 3.05) is 11.9 Å². The van der Waals surface area contributed by atoms with Crippen molar-refractivity contribution in [3.05, 3.63) is 16.6 Å².